The smallest absolute Gasteiger partial charge is 0.224 e. The molecule has 104 valence electrons. The largest absolute Gasteiger partial charge is 0.356 e. The monoisotopic (exact) mass is 271 g/mol. The van der Waals surface area contributed by atoms with Gasteiger partial charge in [-0.3, -0.25) is 4.79 Å². The second kappa shape index (κ2) is 5.81. The Morgan fingerprint density at radius 2 is 2.10 bits per heavy atom. The molecule has 0 radical (unpaired) electrons. The molecule has 1 saturated carbocycles. The minimum absolute atomic E-state index is 0.0899. The quantitative estimate of drug-likeness (QED) is 0.884. The fourth-order valence-electron chi connectivity index (χ4n) is 2.25. The first kappa shape index (κ1) is 12.8. The molecule has 0 spiro atoms. The minimum atomic E-state index is 0.0899. The molecule has 6 heteroatoms. The summed E-state index contributed by atoms with van der Waals surface area (Å²) in [5, 5.41) is 14.0. The molecule has 1 aromatic heterocycles. The molecule has 1 aromatic carbocycles. The van der Waals surface area contributed by atoms with E-state index in [4.69, 9.17) is 0 Å². The van der Waals surface area contributed by atoms with E-state index in [1.165, 1.54) is 19.3 Å². The SMILES string of the molecule is O=C(Cc1ccc(-n2cnnn2)cc1)NCC1CCC1. The number of hydrogen-bond acceptors (Lipinski definition) is 4. The van der Waals surface area contributed by atoms with Crippen molar-refractivity contribution in [3.8, 4) is 5.69 Å². The topological polar surface area (TPSA) is 72.7 Å². The third-order valence-electron chi connectivity index (χ3n) is 3.73. The van der Waals surface area contributed by atoms with Crippen LogP contribution in [0.1, 0.15) is 24.8 Å². The van der Waals surface area contributed by atoms with Gasteiger partial charge in [0.15, 0.2) is 0 Å². The first-order valence-electron chi connectivity index (χ1n) is 6.90. The van der Waals surface area contributed by atoms with Crippen LogP contribution in [0, 0.1) is 5.92 Å². The Hall–Kier alpha value is -2.24. The lowest BCUT2D eigenvalue weighted by Gasteiger charge is -2.25. The normalized spacial score (nSPS) is 14.8. The van der Waals surface area contributed by atoms with Gasteiger partial charge in [0.1, 0.15) is 6.33 Å². The maximum absolute atomic E-state index is 11.8. The van der Waals surface area contributed by atoms with E-state index in [0.717, 1.165) is 17.8 Å². The molecular formula is C14H17N5O. The number of aromatic nitrogens is 4. The van der Waals surface area contributed by atoms with Crippen LogP contribution in [0.15, 0.2) is 30.6 Å². The zero-order valence-electron chi connectivity index (χ0n) is 11.2. The third-order valence-corrected chi connectivity index (χ3v) is 3.73. The Morgan fingerprint density at radius 1 is 1.30 bits per heavy atom. The van der Waals surface area contributed by atoms with Gasteiger partial charge < -0.3 is 5.32 Å². The molecular weight excluding hydrogens is 254 g/mol. The fourth-order valence-corrected chi connectivity index (χ4v) is 2.25. The Balaban J connectivity index is 1.53. The highest BCUT2D eigenvalue weighted by Crippen LogP contribution is 2.25. The van der Waals surface area contributed by atoms with Crippen molar-refractivity contribution in [2.75, 3.05) is 6.54 Å². The van der Waals surface area contributed by atoms with Gasteiger partial charge in [0.25, 0.3) is 0 Å². The van der Waals surface area contributed by atoms with Crippen LogP contribution in [0.25, 0.3) is 5.69 Å². The number of carbonyl (C=O) groups is 1. The van der Waals surface area contributed by atoms with Gasteiger partial charge in [-0.2, -0.15) is 0 Å². The Bertz CT molecular complexity index is 560. The lowest BCUT2D eigenvalue weighted by atomic mass is 9.85. The van der Waals surface area contributed by atoms with Gasteiger partial charge in [-0.05, 0) is 46.9 Å². The number of benzene rings is 1. The summed E-state index contributed by atoms with van der Waals surface area (Å²) in [6.45, 7) is 0.821. The molecule has 6 nitrogen and oxygen atoms in total. The summed E-state index contributed by atoms with van der Waals surface area (Å²) in [7, 11) is 0. The fraction of sp³-hybridized carbons (Fsp3) is 0.429. The number of nitrogens with one attached hydrogen (secondary N) is 1. The molecule has 0 unspecified atom stereocenters. The number of amides is 1. The van der Waals surface area contributed by atoms with Crippen molar-refractivity contribution in [3.05, 3.63) is 36.2 Å². The highest BCUT2D eigenvalue weighted by atomic mass is 16.1. The molecule has 1 fully saturated rings. The molecule has 0 atom stereocenters. The number of nitrogens with zero attached hydrogens (tertiary/aromatic N) is 4. The molecule has 1 aliphatic carbocycles. The van der Waals surface area contributed by atoms with Crippen molar-refractivity contribution in [1.82, 2.24) is 25.5 Å². The maximum atomic E-state index is 11.8. The van der Waals surface area contributed by atoms with E-state index in [9.17, 15) is 4.79 Å². The van der Waals surface area contributed by atoms with Gasteiger partial charge in [-0.1, -0.05) is 18.6 Å². The zero-order valence-corrected chi connectivity index (χ0v) is 11.2. The first-order chi connectivity index (χ1) is 9.81. The Kier molecular flexibility index (Phi) is 3.71. The molecule has 0 saturated heterocycles. The van der Waals surface area contributed by atoms with Gasteiger partial charge in [0, 0.05) is 6.54 Å². The Morgan fingerprint density at radius 3 is 2.70 bits per heavy atom. The van der Waals surface area contributed by atoms with E-state index in [1.54, 1.807) is 11.0 Å². The molecule has 20 heavy (non-hydrogen) atoms. The summed E-state index contributed by atoms with van der Waals surface area (Å²) in [5.41, 5.74) is 1.88. The van der Waals surface area contributed by atoms with Crippen molar-refractivity contribution in [2.24, 2.45) is 5.92 Å². The van der Waals surface area contributed by atoms with Crippen molar-refractivity contribution in [3.63, 3.8) is 0 Å². The lowest BCUT2D eigenvalue weighted by Crippen LogP contribution is -2.33. The van der Waals surface area contributed by atoms with Crippen LogP contribution < -0.4 is 5.32 Å². The van der Waals surface area contributed by atoms with E-state index in [1.807, 2.05) is 24.3 Å². The van der Waals surface area contributed by atoms with Crippen LogP contribution in [0.5, 0.6) is 0 Å². The predicted octanol–water partition coefficient (Wildman–Crippen LogP) is 1.12. The third kappa shape index (κ3) is 3.01. The van der Waals surface area contributed by atoms with Crippen LogP contribution in [0.4, 0.5) is 0 Å². The lowest BCUT2D eigenvalue weighted by molar-refractivity contribution is -0.120. The van der Waals surface area contributed by atoms with Crippen molar-refractivity contribution in [2.45, 2.75) is 25.7 Å². The van der Waals surface area contributed by atoms with Crippen molar-refractivity contribution < 1.29 is 4.79 Å². The van der Waals surface area contributed by atoms with E-state index in [2.05, 4.69) is 20.8 Å². The molecule has 1 amide bonds. The summed E-state index contributed by atoms with van der Waals surface area (Å²) in [6.07, 6.45) is 5.77. The Labute approximate surface area is 117 Å². The molecule has 1 aliphatic rings. The van der Waals surface area contributed by atoms with Crippen LogP contribution in [0.3, 0.4) is 0 Å². The van der Waals surface area contributed by atoms with Crippen LogP contribution in [-0.2, 0) is 11.2 Å². The van der Waals surface area contributed by atoms with Crippen LogP contribution >= 0.6 is 0 Å². The van der Waals surface area contributed by atoms with Gasteiger partial charge in [0.05, 0.1) is 12.1 Å². The molecule has 1 heterocycles. The standard InChI is InChI=1S/C14H17N5O/c20-14(15-9-12-2-1-3-12)8-11-4-6-13(7-5-11)19-10-16-17-18-19/h4-7,10,12H,1-3,8-9H2,(H,15,20). The van der Waals surface area contributed by atoms with Gasteiger partial charge in [0.2, 0.25) is 5.91 Å². The highest BCUT2D eigenvalue weighted by molar-refractivity contribution is 5.78. The molecule has 2 aromatic rings. The van der Waals surface area contributed by atoms with Crippen molar-refractivity contribution >= 4 is 5.91 Å². The minimum Gasteiger partial charge on any atom is -0.356 e. The van der Waals surface area contributed by atoms with Gasteiger partial charge in [-0.15, -0.1) is 5.10 Å². The number of tetrazole rings is 1. The highest BCUT2D eigenvalue weighted by Gasteiger charge is 2.17. The summed E-state index contributed by atoms with van der Waals surface area (Å²) in [6, 6.07) is 7.68. The molecule has 3 rings (SSSR count). The molecule has 1 N–H and O–H groups in total. The number of hydrogen-bond donors (Lipinski definition) is 1. The van der Waals surface area contributed by atoms with E-state index in [0.29, 0.717) is 12.3 Å². The average molecular weight is 271 g/mol. The zero-order chi connectivity index (χ0) is 13.8. The van der Waals surface area contributed by atoms with Crippen LogP contribution in [-0.4, -0.2) is 32.7 Å². The number of carbonyl (C=O) groups excluding carboxylic acids is 1. The first-order valence-corrected chi connectivity index (χ1v) is 6.90. The number of rotatable bonds is 5. The van der Waals surface area contributed by atoms with E-state index < -0.39 is 0 Å². The molecule has 0 bridgehead atoms. The van der Waals surface area contributed by atoms with Crippen LogP contribution in [0.2, 0.25) is 0 Å². The second-order valence-electron chi connectivity index (χ2n) is 5.20. The van der Waals surface area contributed by atoms with E-state index in [-0.39, 0.29) is 5.91 Å². The summed E-state index contributed by atoms with van der Waals surface area (Å²) >= 11 is 0. The predicted molar refractivity (Wildman–Crippen MR) is 73.2 cm³/mol. The van der Waals surface area contributed by atoms with Gasteiger partial charge in [-0.25, -0.2) is 4.68 Å². The molecule has 0 aliphatic heterocycles. The maximum Gasteiger partial charge on any atom is 0.224 e. The summed E-state index contributed by atoms with van der Waals surface area (Å²) in [4.78, 5) is 11.8. The van der Waals surface area contributed by atoms with Gasteiger partial charge >= 0.3 is 0 Å². The average Bonchev–Trinajstić information content (AvgIpc) is 2.91. The summed E-state index contributed by atoms with van der Waals surface area (Å²) in [5.74, 6) is 0.785. The summed E-state index contributed by atoms with van der Waals surface area (Å²) < 4.78 is 1.58. The van der Waals surface area contributed by atoms with E-state index >= 15 is 0 Å². The second-order valence-corrected chi connectivity index (χ2v) is 5.20. The van der Waals surface area contributed by atoms with Crippen molar-refractivity contribution in [1.29, 1.82) is 0 Å².